The quantitative estimate of drug-likeness (QED) is 0.747. The Balaban J connectivity index is 1.73. The van der Waals surface area contributed by atoms with Gasteiger partial charge >= 0.3 is 5.97 Å². The van der Waals surface area contributed by atoms with E-state index in [2.05, 4.69) is 66.2 Å². The molecule has 5 heteroatoms. The summed E-state index contributed by atoms with van der Waals surface area (Å²) in [6.45, 7) is 4.71. The molecule has 0 radical (unpaired) electrons. The Labute approximate surface area is 150 Å². The molecule has 4 nitrogen and oxygen atoms in total. The maximum atomic E-state index is 11.2. The fourth-order valence-electron chi connectivity index (χ4n) is 3.57. The summed E-state index contributed by atoms with van der Waals surface area (Å²) in [7, 11) is 0. The third-order valence-electron chi connectivity index (χ3n) is 4.81. The number of carboxylic acids is 1. The molecular formula is C20H20N2O2S. The predicted molar refractivity (Wildman–Crippen MR) is 103 cm³/mol. The molecule has 0 amide bonds. The van der Waals surface area contributed by atoms with Crippen LogP contribution >= 0.6 is 11.8 Å². The van der Waals surface area contributed by atoms with Gasteiger partial charge in [0.15, 0.2) is 0 Å². The summed E-state index contributed by atoms with van der Waals surface area (Å²) < 4.78 is 2.25. The average molecular weight is 352 g/mol. The number of aromatic nitrogens is 1. The Bertz CT molecular complexity index is 963. The summed E-state index contributed by atoms with van der Waals surface area (Å²) in [4.78, 5) is 11.2. The number of nitrogens with zero attached hydrogens (tertiary/aromatic N) is 1. The van der Waals surface area contributed by atoms with Crippen molar-refractivity contribution in [2.24, 2.45) is 0 Å². The van der Waals surface area contributed by atoms with Crippen LogP contribution in [0.25, 0.3) is 16.5 Å². The topological polar surface area (TPSA) is 54.3 Å². The van der Waals surface area contributed by atoms with Crippen LogP contribution in [0.15, 0.2) is 48.5 Å². The smallest absolute Gasteiger partial charge is 0.318 e. The summed E-state index contributed by atoms with van der Waals surface area (Å²) in [6.07, 6.45) is 0. The van der Waals surface area contributed by atoms with Crippen LogP contribution < -0.4 is 5.32 Å². The molecule has 1 aromatic heterocycles. The van der Waals surface area contributed by atoms with E-state index in [1.54, 1.807) is 0 Å². The number of benzene rings is 2. The van der Waals surface area contributed by atoms with Crippen molar-refractivity contribution in [3.05, 3.63) is 65.5 Å². The Morgan fingerprint density at radius 2 is 1.92 bits per heavy atom. The highest BCUT2D eigenvalue weighted by Crippen LogP contribution is 2.38. The molecule has 1 aliphatic rings. The number of aliphatic carboxylic acids is 1. The van der Waals surface area contributed by atoms with Gasteiger partial charge in [-0.15, -0.1) is 11.8 Å². The summed E-state index contributed by atoms with van der Waals surface area (Å²) in [6, 6.07) is 17.0. The van der Waals surface area contributed by atoms with E-state index in [1.807, 2.05) is 6.07 Å². The molecule has 2 atom stereocenters. The lowest BCUT2D eigenvalue weighted by atomic mass is 10.1. The minimum absolute atomic E-state index is 0.0292. The highest BCUT2D eigenvalue weighted by molar-refractivity contribution is 8.01. The van der Waals surface area contributed by atoms with Crippen LogP contribution in [0.3, 0.4) is 0 Å². The van der Waals surface area contributed by atoms with Gasteiger partial charge in [0.25, 0.3) is 0 Å². The van der Waals surface area contributed by atoms with Gasteiger partial charge in [0.1, 0.15) is 5.25 Å². The molecule has 1 saturated heterocycles. The van der Waals surface area contributed by atoms with E-state index in [1.165, 1.54) is 28.1 Å². The van der Waals surface area contributed by atoms with Gasteiger partial charge in [-0.05, 0) is 42.8 Å². The van der Waals surface area contributed by atoms with Crippen molar-refractivity contribution >= 4 is 28.5 Å². The van der Waals surface area contributed by atoms with Gasteiger partial charge in [-0.25, -0.2) is 0 Å². The first-order valence-electron chi connectivity index (χ1n) is 8.34. The van der Waals surface area contributed by atoms with Crippen LogP contribution in [0.5, 0.6) is 0 Å². The van der Waals surface area contributed by atoms with Gasteiger partial charge in [-0.2, -0.15) is 0 Å². The molecule has 3 aromatic rings. The van der Waals surface area contributed by atoms with Gasteiger partial charge in [0, 0.05) is 29.2 Å². The van der Waals surface area contributed by atoms with Crippen LogP contribution in [-0.4, -0.2) is 27.4 Å². The average Bonchev–Trinajstić information content (AvgIpc) is 3.19. The Morgan fingerprint density at radius 1 is 1.16 bits per heavy atom. The number of rotatable bonds is 3. The number of hydrogen-bond acceptors (Lipinski definition) is 3. The molecule has 1 aliphatic heterocycles. The van der Waals surface area contributed by atoms with Crippen LogP contribution in [0, 0.1) is 13.8 Å². The van der Waals surface area contributed by atoms with Crippen molar-refractivity contribution in [1.29, 1.82) is 0 Å². The van der Waals surface area contributed by atoms with Crippen LogP contribution in [0.4, 0.5) is 0 Å². The van der Waals surface area contributed by atoms with E-state index >= 15 is 0 Å². The van der Waals surface area contributed by atoms with E-state index in [0.29, 0.717) is 6.54 Å². The van der Waals surface area contributed by atoms with E-state index in [0.717, 1.165) is 17.1 Å². The zero-order valence-corrected chi connectivity index (χ0v) is 15.0. The normalized spacial score (nSPS) is 20.2. The number of nitrogens with one attached hydrogen (secondary N) is 1. The maximum absolute atomic E-state index is 11.2. The second kappa shape index (κ2) is 6.24. The Hall–Kier alpha value is -2.24. The zero-order valence-electron chi connectivity index (χ0n) is 14.2. The van der Waals surface area contributed by atoms with E-state index < -0.39 is 5.97 Å². The number of carboxylic acid groups (broad SMARTS) is 1. The molecule has 2 heterocycles. The van der Waals surface area contributed by atoms with Crippen molar-refractivity contribution in [3.8, 4) is 5.69 Å². The summed E-state index contributed by atoms with van der Waals surface area (Å²) in [5.41, 5.74) is 4.62. The van der Waals surface area contributed by atoms with Crippen molar-refractivity contribution in [2.75, 3.05) is 6.54 Å². The zero-order chi connectivity index (χ0) is 17.6. The van der Waals surface area contributed by atoms with Crippen molar-refractivity contribution in [3.63, 3.8) is 0 Å². The third kappa shape index (κ3) is 2.83. The Morgan fingerprint density at radius 3 is 2.64 bits per heavy atom. The number of thioether (sulfide) groups is 1. The minimum atomic E-state index is -0.747. The lowest BCUT2D eigenvalue weighted by Crippen LogP contribution is -2.21. The SMILES string of the molecule is Cc1cc([C@@H]2NC[C@@H](C(=O)O)S2)c(C)n1-c1ccc2ccccc2c1. The van der Waals surface area contributed by atoms with E-state index in [-0.39, 0.29) is 10.6 Å². The molecular weight excluding hydrogens is 332 g/mol. The summed E-state index contributed by atoms with van der Waals surface area (Å²) in [5.74, 6) is -0.747. The molecule has 1 fully saturated rings. The van der Waals surface area contributed by atoms with Gasteiger partial charge in [0.2, 0.25) is 0 Å². The Kier molecular flexibility index (Phi) is 4.06. The van der Waals surface area contributed by atoms with Gasteiger partial charge in [-0.1, -0.05) is 30.3 Å². The first kappa shape index (κ1) is 16.2. The lowest BCUT2D eigenvalue weighted by Gasteiger charge is -2.13. The van der Waals surface area contributed by atoms with Gasteiger partial charge in [0.05, 0.1) is 5.37 Å². The predicted octanol–water partition coefficient (Wildman–Crippen LogP) is 4.04. The summed E-state index contributed by atoms with van der Waals surface area (Å²) in [5, 5.41) is 14.6. The minimum Gasteiger partial charge on any atom is -0.480 e. The highest BCUT2D eigenvalue weighted by Gasteiger charge is 2.32. The lowest BCUT2D eigenvalue weighted by molar-refractivity contribution is -0.136. The van der Waals surface area contributed by atoms with Crippen LogP contribution in [0.1, 0.15) is 22.3 Å². The molecule has 128 valence electrons. The van der Waals surface area contributed by atoms with Crippen molar-refractivity contribution in [1.82, 2.24) is 9.88 Å². The first-order chi connectivity index (χ1) is 12.0. The fourth-order valence-corrected chi connectivity index (χ4v) is 4.78. The second-order valence-corrected chi connectivity index (χ2v) is 7.76. The maximum Gasteiger partial charge on any atom is 0.318 e. The largest absolute Gasteiger partial charge is 0.480 e. The molecule has 2 aromatic carbocycles. The van der Waals surface area contributed by atoms with Crippen LogP contribution in [-0.2, 0) is 4.79 Å². The highest BCUT2D eigenvalue weighted by atomic mass is 32.2. The third-order valence-corrected chi connectivity index (χ3v) is 6.20. The fraction of sp³-hybridized carbons (Fsp3) is 0.250. The standard InChI is InChI=1S/C20H20N2O2S/c1-12-9-17(19-21-11-18(25-19)20(23)24)13(2)22(12)16-8-7-14-5-3-4-6-15(14)10-16/h3-10,18-19,21H,11H2,1-2H3,(H,23,24)/t18-,19+/m0/s1. The van der Waals surface area contributed by atoms with Gasteiger partial charge < -0.3 is 9.67 Å². The molecule has 0 spiro atoms. The van der Waals surface area contributed by atoms with E-state index in [4.69, 9.17) is 0 Å². The molecule has 25 heavy (non-hydrogen) atoms. The second-order valence-electron chi connectivity index (χ2n) is 6.44. The van der Waals surface area contributed by atoms with Crippen LogP contribution in [0.2, 0.25) is 0 Å². The molecule has 0 aliphatic carbocycles. The number of fused-ring (bicyclic) bond motifs is 1. The first-order valence-corrected chi connectivity index (χ1v) is 9.28. The molecule has 2 N–H and O–H groups in total. The molecule has 0 unspecified atom stereocenters. The number of hydrogen-bond donors (Lipinski definition) is 2. The van der Waals surface area contributed by atoms with Gasteiger partial charge in [-0.3, -0.25) is 10.1 Å². The van der Waals surface area contributed by atoms with Crippen molar-refractivity contribution < 1.29 is 9.90 Å². The van der Waals surface area contributed by atoms with Crippen molar-refractivity contribution in [2.45, 2.75) is 24.5 Å². The molecule has 4 rings (SSSR count). The molecule has 0 bridgehead atoms. The number of carbonyl (C=O) groups is 1. The molecule has 0 saturated carbocycles. The van der Waals surface area contributed by atoms with E-state index in [9.17, 15) is 9.90 Å². The monoisotopic (exact) mass is 352 g/mol. The number of aryl methyl sites for hydroxylation is 1. The summed E-state index contributed by atoms with van der Waals surface area (Å²) >= 11 is 1.48.